The fourth-order valence-corrected chi connectivity index (χ4v) is 8.29. The van der Waals surface area contributed by atoms with Gasteiger partial charge in [-0.3, -0.25) is 4.79 Å². The molecule has 0 unspecified atom stereocenters. The molecular formula is C53H103ClN2O3. The molecule has 0 aromatic rings. The van der Waals surface area contributed by atoms with E-state index >= 15 is 0 Å². The molecule has 0 aromatic carbocycles. The fraction of sp³-hybridized carbons (Fsp3) is 0.906. The van der Waals surface area contributed by atoms with Gasteiger partial charge in [-0.15, -0.1) is 11.6 Å². The van der Waals surface area contributed by atoms with E-state index in [9.17, 15) is 10.0 Å². The molecular weight excluding hydrogens is 748 g/mol. The van der Waals surface area contributed by atoms with Crippen LogP contribution in [0.15, 0.2) is 24.3 Å². The number of rotatable bonds is 50. The molecule has 0 saturated heterocycles. The number of unbranched alkanes of at least 4 members (excludes halogenated alkanes) is 32. The number of alkyl halides is 1. The highest BCUT2D eigenvalue weighted by molar-refractivity contribution is 6.18. The van der Waals surface area contributed by atoms with E-state index in [0.717, 1.165) is 64.0 Å². The zero-order chi connectivity index (χ0) is 42.8. The molecule has 0 spiro atoms. The Bertz CT molecular complexity index is 868. The molecule has 0 radical (unpaired) electrons. The molecule has 0 aliphatic rings. The van der Waals surface area contributed by atoms with Crippen molar-refractivity contribution in [2.75, 3.05) is 45.2 Å². The van der Waals surface area contributed by atoms with Crippen molar-refractivity contribution in [2.24, 2.45) is 0 Å². The van der Waals surface area contributed by atoms with Crippen molar-refractivity contribution in [3.05, 3.63) is 24.3 Å². The Morgan fingerprint density at radius 1 is 0.441 bits per heavy atom. The summed E-state index contributed by atoms with van der Waals surface area (Å²) < 4.78 is 5.49. The first-order chi connectivity index (χ1) is 29.1. The van der Waals surface area contributed by atoms with Gasteiger partial charge < -0.3 is 14.8 Å². The van der Waals surface area contributed by atoms with Gasteiger partial charge in [0.1, 0.15) is 0 Å². The van der Waals surface area contributed by atoms with E-state index in [0.29, 0.717) is 13.0 Å². The predicted molar refractivity (Wildman–Crippen MR) is 261 cm³/mol. The molecule has 0 aliphatic carbocycles. The van der Waals surface area contributed by atoms with E-state index in [2.05, 4.69) is 43.1 Å². The monoisotopic (exact) mass is 851 g/mol. The molecule has 350 valence electrons. The second-order valence-electron chi connectivity index (χ2n) is 17.9. The van der Waals surface area contributed by atoms with Gasteiger partial charge in [-0.1, -0.05) is 212 Å². The van der Waals surface area contributed by atoms with Crippen molar-refractivity contribution >= 4 is 17.6 Å². The lowest BCUT2D eigenvalue weighted by molar-refractivity contribution is -0.143. The molecule has 0 saturated carbocycles. The first-order valence-corrected chi connectivity index (χ1v) is 26.8. The average Bonchev–Trinajstić information content (AvgIpc) is 3.23. The number of allylic oxidation sites excluding steroid dienone is 4. The predicted octanol–water partition coefficient (Wildman–Crippen LogP) is 17.1. The SMILES string of the molecule is CCCCC/C=C\C/C=C\CCCCCCCCN(CCCl)CCCCCCCCCCCOC(=O)CCCCCCCCCN(O)CCCCCCCCCCCC. The fourth-order valence-electron chi connectivity index (χ4n) is 8.05. The van der Waals surface area contributed by atoms with Crippen LogP contribution in [0.1, 0.15) is 264 Å². The molecule has 0 bridgehead atoms. The summed E-state index contributed by atoms with van der Waals surface area (Å²) in [5, 5.41) is 11.7. The minimum atomic E-state index is -0.0124. The quantitative estimate of drug-likeness (QED) is 0.0217. The molecule has 0 aliphatic heterocycles. The standard InChI is InChI=1S/C53H103ClN2O3/c1-3-5-7-9-11-13-15-16-17-18-19-20-22-28-34-40-47-55(51-46-54)48-41-35-29-23-21-25-32-38-44-52-59-53(57)45-39-33-27-26-31-37-43-50-56(58)49-42-36-30-24-14-12-10-8-6-4-2/h11,13,16-17,58H,3-10,12,14-15,18-52H2,1-2H3/b13-11-,17-16-. The van der Waals surface area contributed by atoms with E-state index in [1.165, 1.54) is 224 Å². The molecule has 59 heavy (non-hydrogen) atoms. The number of esters is 1. The Kier molecular flexibility index (Phi) is 50.7. The summed E-state index contributed by atoms with van der Waals surface area (Å²) in [6.45, 7) is 10.2. The maximum absolute atomic E-state index is 12.1. The zero-order valence-corrected chi connectivity index (χ0v) is 40.6. The van der Waals surface area contributed by atoms with Crippen LogP contribution in [0, 0.1) is 0 Å². The smallest absolute Gasteiger partial charge is 0.305 e. The number of carbonyl (C=O) groups excluding carboxylic acids is 1. The van der Waals surface area contributed by atoms with Crippen molar-refractivity contribution < 1.29 is 14.7 Å². The Labute approximate surface area is 374 Å². The van der Waals surface area contributed by atoms with Crippen molar-refractivity contribution in [3.8, 4) is 0 Å². The van der Waals surface area contributed by atoms with Gasteiger partial charge in [0.2, 0.25) is 0 Å². The molecule has 6 heteroatoms. The Balaban J connectivity index is 3.44. The summed E-state index contributed by atoms with van der Waals surface area (Å²) in [5.41, 5.74) is 0. The summed E-state index contributed by atoms with van der Waals surface area (Å²) in [7, 11) is 0. The summed E-state index contributed by atoms with van der Waals surface area (Å²) >= 11 is 6.13. The van der Waals surface area contributed by atoms with Crippen LogP contribution in [0.25, 0.3) is 0 Å². The Morgan fingerprint density at radius 2 is 0.797 bits per heavy atom. The van der Waals surface area contributed by atoms with Crippen LogP contribution < -0.4 is 0 Å². The summed E-state index contributed by atoms with van der Waals surface area (Å²) in [4.78, 5) is 14.7. The van der Waals surface area contributed by atoms with E-state index < -0.39 is 0 Å². The van der Waals surface area contributed by atoms with Crippen molar-refractivity contribution in [1.29, 1.82) is 0 Å². The molecule has 1 N–H and O–H groups in total. The molecule has 0 atom stereocenters. The minimum Gasteiger partial charge on any atom is -0.466 e. The first-order valence-electron chi connectivity index (χ1n) is 26.3. The lowest BCUT2D eigenvalue weighted by Crippen LogP contribution is -2.28. The number of hydrogen-bond acceptors (Lipinski definition) is 5. The van der Waals surface area contributed by atoms with Gasteiger partial charge in [0.05, 0.1) is 6.61 Å². The third-order valence-electron chi connectivity index (χ3n) is 12.0. The van der Waals surface area contributed by atoms with Crippen LogP contribution in [0.2, 0.25) is 0 Å². The maximum atomic E-state index is 12.1. The van der Waals surface area contributed by atoms with E-state index in [4.69, 9.17) is 16.3 Å². The van der Waals surface area contributed by atoms with Crippen molar-refractivity contribution in [1.82, 2.24) is 9.96 Å². The summed E-state index contributed by atoms with van der Waals surface area (Å²) in [6, 6.07) is 0. The van der Waals surface area contributed by atoms with Gasteiger partial charge in [0, 0.05) is 31.9 Å². The second kappa shape index (κ2) is 51.5. The largest absolute Gasteiger partial charge is 0.466 e. The van der Waals surface area contributed by atoms with Crippen LogP contribution in [0.5, 0.6) is 0 Å². The minimum absolute atomic E-state index is 0.0124. The highest BCUT2D eigenvalue weighted by Gasteiger charge is 2.06. The number of halogens is 1. The molecule has 0 amide bonds. The van der Waals surface area contributed by atoms with Gasteiger partial charge in [-0.05, 0) is 83.7 Å². The lowest BCUT2D eigenvalue weighted by Gasteiger charge is -2.21. The Hall–Kier alpha value is -0.880. The molecule has 0 heterocycles. The van der Waals surface area contributed by atoms with Crippen molar-refractivity contribution in [3.63, 3.8) is 0 Å². The maximum Gasteiger partial charge on any atom is 0.305 e. The molecule has 0 fully saturated rings. The second-order valence-corrected chi connectivity index (χ2v) is 18.3. The zero-order valence-electron chi connectivity index (χ0n) is 39.9. The number of hydroxylamine groups is 2. The molecule has 0 aromatic heterocycles. The van der Waals surface area contributed by atoms with Crippen LogP contribution in [0.4, 0.5) is 0 Å². The van der Waals surface area contributed by atoms with Gasteiger partial charge in [0.15, 0.2) is 0 Å². The van der Waals surface area contributed by atoms with E-state index in [-0.39, 0.29) is 5.97 Å². The van der Waals surface area contributed by atoms with Gasteiger partial charge >= 0.3 is 5.97 Å². The summed E-state index contributed by atoms with van der Waals surface area (Å²) in [5.74, 6) is 0.732. The van der Waals surface area contributed by atoms with Crippen molar-refractivity contribution in [2.45, 2.75) is 264 Å². The van der Waals surface area contributed by atoms with Gasteiger partial charge in [0.25, 0.3) is 0 Å². The third-order valence-corrected chi connectivity index (χ3v) is 12.2. The third kappa shape index (κ3) is 49.7. The van der Waals surface area contributed by atoms with Crippen LogP contribution in [-0.2, 0) is 9.53 Å². The molecule has 0 rings (SSSR count). The summed E-state index contributed by atoms with van der Waals surface area (Å²) in [6.07, 6.45) is 58.3. The number of nitrogens with zero attached hydrogens (tertiary/aromatic N) is 2. The normalized spacial score (nSPS) is 12.0. The molecule has 5 nitrogen and oxygen atoms in total. The number of ether oxygens (including phenoxy) is 1. The average molecular weight is 852 g/mol. The van der Waals surface area contributed by atoms with Gasteiger partial charge in [-0.25, -0.2) is 0 Å². The van der Waals surface area contributed by atoms with E-state index in [1.54, 1.807) is 0 Å². The highest BCUT2D eigenvalue weighted by atomic mass is 35.5. The number of carbonyl (C=O) groups is 1. The lowest BCUT2D eigenvalue weighted by atomic mass is 10.1. The van der Waals surface area contributed by atoms with Gasteiger partial charge in [-0.2, -0.15) is 5.06 Å². The van der Waals surface area contributed by atoms with Crippen LogP contribution in [-0.4, -0.2) is 66.4 Å². The van der Waals surface area contributed by atoms with E-state index in [1.807, 2.05) is 0 Å². The topological polar surface area (TPSA) is 53.0 Å². The number of hydrogen-bond donors (Lipinski definition) is 1. The van der Waals surface area contributed by atoms with Crippen LogP contribution in [0.3, 0.4) is 0 Å². The van der Waals surface area contributed by atoms with Crippen LogP contribution >= 0.6 is 11.6 Å². The highest BCUT2D eigenvalue weighted by Crippen LogP contribution is 2.15. The first kappa shape index (κ1) is 58.1. The Morgan fingerprint density at radius 3 is 1.25 bits per heavy atom.